The number of aromatic nitrogens is 2. The van der Waals surface area contributed by atoms with Gasteiger partial charge in [0.1, 0.15) is 0 Å². The van der Waals surface area contributed by atoms with Crippen LogP contribution in [0.15, 0.2) is 4.47 Å². The van der Waals surface area contributed by atoms with Gasteiger partial charge in [-0.1, -0.05) is 19.3 Å². The molecule has 0 saturated heterocycles. The molecule has 5 heteroatoms. The summed E-state index contributed by atoms with van der Waals surface area (Å²) in [5.74, 6) is 0. The SMILES string of the molecule is Cc1nn(C)c(COCC2(N)CCCCC2)c1Br. The van der Waals surface area contributed by atoms with E-state index < -0.39 is 0 Å². The zero-order valence-electron chi connectivity index (χ0n) is 11.2. The summed E-state index contributed by atoms with van der Waals surface area (Å²) in [6.07, 6.45) is 5.94. The molecule has 0 unspecified atom stereocenters. The molecule has 0 radical (unpaired) electrons. The van der Waals surface area contributed by atoms with Crippen molar-refractivity contribution in [3.63, 3.8) is 0 Å². The highest BCUT2D eigenvalue weighted by molar-refractivity contribution is 9.10. The zero-order chi connectivity index (χ0) is 13.2. The zero-order valence-corrected chi connectivity index (χ0v) is 12.8. The fourth-order valence-corrected chi connectivity index (χ4v) is 3.04. The predicted octanol–water partition coefficient (Wildman–Crippen LogP) is 2.67. The van der Waals surface area contributed by atoms with Crippen molar-refractivity contribution in [1.29, 1.82) is 0 Å². The Morgan fingerprint density at radius 1 is 1.39 bits per heavy atom. The molecule has 0 amide bonds. The Labute approximate surface area is 117 Å². The minimum Gasteiger partial charge on any atom is -0.373 e. The van der Waals surface area contributed by atoms with Crippen molar-refractivity contribution in [2.75, 3.05) is 6.61 Å². The predicted molar refractivity (Wildman–Crippen MR) is 75.3 cm³/mol. The molecule has 1 aliphatic carbocycles. The third-order valence-electron chi connectivity index (χ3n) is 3.74. The van der Waals surface area contributed by atoms with Crippen molar-refractivity contribution in [3.8, 4) is 0 Å². The molecule has 1 saturated carbocycles. The maximum absolute atomic E-state index is 6.35. The first kappa shape index (κ1) is 14.0. The van der Waals surface area contributed by atoms with E-state index in [1.165, 1.54) is 19.3 Å². The van der Waals surface area contributed by atoms with E-state index >= 15 is 0 Å². The van der Waals surface area contributed by atoms with Crippen LogP contribution < -0.4 is 5.73 Å². The largest absolute Gasteiger partial charge is 0.373 e. The normalized spacial score (nSPS) is 19.1. The fourth-order valence-electron chi connectivity index (χ4n) is 2.59. The summed E-state index contributed by atoms with van der Waals surface area (Å²) in [7, 11) is 1.94. The molecule has 1 aromatic heterocycles. The van der Waals surface area contributed by atoms with Crippen LogP contribution in [0.25, 0.3) is 0 Å². The van der Waals surface area contributed by atoms with Gasteiger partial charge >= 0.3 is 0 Å². The van der Waals surface area contributed by atoms with E-state index in [9.17, 15) is 0 Å². The maximum Gasteiger partial charge on any atom is 0.0897 e. The molecule has 0 bridgehead atoms. The number of hydrogen-bond donors (Lipinski definition) is 1. The van der Waals surface area contributed by atoms with Gasteiger partial charge < -0.3 is 10.5 Å². The van der Waals surface area contributed by atoms with Crippen LogP contribution in [0.5, 0.6) is 0 Å². The molecule has 0 aliphatic heterocycles. The van der Waals surface area contributed by atoms with Gasteiger partial charge in [-0.05, 0) is 35.7 Å². The summed E-state index contributed by atoms with van der Waals surface area (Å²) in [4.78, 5) is 0. The molecule has 4 nitrogen and oxygen atoms in total. The van der Waals surface area contributed by atoms with Crippen LogP contribution in [-0.4, -0.2) is 21.9 Å². The summed E-state index contributed by atoms with van der Waals surface area (Å²) in [5, 5.41) is 4.35. The van der Waals surface area contributed by atoms with Gasteiger partial charge in [-0.25, -0.2) is 0 Å². The number of hydrogen-bond acceptors (Lipinski definition) is 3. The van der Waals surface area contributed by atoms with Gasteiger partial charge in [-0.3, -0.25) is 4.68 Å². The molecule has 18 heavy (non-hydrogen) atoms. The molecule has 1 aromatic rings. The van der Waals surface area contributed by atoms with Gasteiger partial charge in [0.25, 0.3) is 0 Å². The lowest BCUT2D eigenvalue weighted by atomic mass is 9.83. The van der Waals surface area contributed by atoms with E-state index in [1.807, 2.05) is 18.7 Å². The summed E-state index contributed by atoms with van der Waals surface area (Å²) >= 11 is 3.55. The fraction of sp³-hybridized carbons (Fsp3) is 0.769. The average Bonchev–Trinajstić information content (AvgIpc) is 2.56. The van der Waals surface area contributed by atoms with Crippen LogP contribution in [0.2, 0.25) is 0 Å². The quantitative estimate of drug-likeness (QED) is 0.929. The molecule has 0 aromatic carbocycles. The van der Waals surface area contributed by atoms with Crippen molar-refractivity contribution < 1.29 is 4.74 Å². The molecule has 1 heterocycles. The molecule has 0 spiro atoms. The molecule has 0 atom stereocenters. The second-order valence-corrected chi connectivity index (χ2v) is 6.18. The van der Waals surface area contributed by atoms with Crippen molar-refractivity contribution in [2.45, 2.75) is 51.2 Å². The van der Waals surface area contributed by atoms with Crippen molar-refractivity contribution in [2.24, 2.45) is 12.8 Å². The Balaban J connectivity index is 1.88. The first-order valence-electron chi connectivity index (χ1n) is 6.56. The van der Waals surface area contributed by atoms with Crippen LogP contribution in [-0.2, 0) is 18.4 Å². The summed E-state index contributed by atoms with van der Waals surface area (Å²) in [6, 6.07) is 0. The highest BCUT2D eigenvalue weighted by Gasteiger charge is 2.27. The number of rotatable bonds is 4. The van der Waals surface area contributed by atoms with Gasteiger partial charge in [0, 0.05) is 12.6 Å². The second kappa shape index (κ2) is 5.72. The molecule has 2 N–H and O–H groups in total. The number of halogens is 1. The van der Waals surface area contributed by atoms with E-state index in [2.05, 4.69) is 21.0 Å². The lowest BCUT2D eigenvalue weighted by Gasteiger charge is -2.33. The lowest BCUT2D eigenvalue weighted by Crippen LogP contribution is -2.46. The molecule has 102 valence electrons. The number of nitrogens with two attached hydrogens (primary N) is 1. The van der Waals surface area contributed by atoms with E-state index in [0.717, 1.165) is 28.7 Å². The van der Waals surface area contributed by atoms with Gasteiger partial charge in [-0.15, -0.1) is 0 Å². The number of nitrogens with zero attached hydrogens (tertiary/aromatic N) is 2. The van der Waals surface area contributed by atoms with E-state index in [4.69, 9.17) is 10.5 Å². The number of aryl methyl sites for hydroxylation is 2. The summed E-state index contributed by atoms with van der Waals surface area (Å²) in [5.41, 5.74) is 8.31. The van der Waals surface area contributed by atoms with Crippen LogP contribution in [0.4, 0.5) is 0 Å². The van der Waals surface area contributed by atoms with Crippen LogP contribution in [0.1, 0.15) is 43.5 Å². The minimum atomic E-state index is -0.113. The maximum atomic E-state index is 6.35. The van der Waals surface area contributed by atoms with Crippen LogP contribution >= 0.6 is 15.9 Å². The Morgan fingerprint density at radius 2 is 2.06 bits per heavy atom. The first-order valence-corrected chi connectivity index (χ1v) is 7.36. The third-order valence-corrected chi connectivity index (χ3v) is 4.77. The lowest BCUT2D eigenvalue weighted by molar-refractivity contribution is 0.0540. The number of ether oxygens (including phenoxy) is 1. The van der Waals surface area contributed by atoms with Gasteiger partial charge in [-0.2, -0.15) is 5.10 Å². The Kier molecular flexibility index (Phi) is 4.45. The van der Waals surface area contributed by atoms with Gasteiger partial charge in [0.15, 0.2) is 0 Å². The highest BCUT2D eigenvalue weighted by Crippen LogP contribution is 2.27. The topological polar surface area (TPSA) is 53.1 Å². The van der Waals surface area contributed by atoms with Crippen molar-refractivity contribution in [1.82, 2.24) is 9.78 Å². The average molecular weight is 316 g/mol. The minimum absolute atomic E-state index is 0.113. The monoisotopic (exact) mass is 315 g/mol. The third kappa shape index (κ3) is 3.13. The smallest absolute Gasteiger partial charge is 0.0897 e. The molecule has 2 rings (SSSR count). The van der Waals surface area contributed by atoms with Gasteiger partial charge in [0.2, 0.25) is 0 Å². The molecular formula is C13H22BrN3O. The summed E-state index contributed by atoms with van der Waals surface area (Å²) in [6.45, 7) is 3.19. The molecule has 1 fully saturated rings. The first-order chi connectivity index (χ1) is 8.52. The highest BCUT2D eigenvalue weighted by atomic mass is 79.9. The second-order valence-electron chi connectivity index (χ2n) is 5.39. The Hall–Kier alpha value is -0.390. The van der Waals surface area contributed by atoms with Crippen LogP contribution in [0.3, 0.4) is 0 Å². The Bertz CT molecular complexity index is 411. The van der Waals surface area contributed by atoms with Crippen molar-refractivity contribution in [3.05, 3.63) is 15.9 Å². The van der Waals surface area contributed by atoms with Crippen LogP contribution in [0, 0.1) is 6.92 Å². The van der Waals surface area contributed by atoms with Gasteiger partial charge in [0.05, 0.1) is 29.1 Å². The molecular weight excluding hydrogens is 294 g/mol. The molecule has 1 aliphatic rings. The standard InChI is InChI=1S/C13H22BrN3O/c1-10-12(14)11(17(2)16-10)8-18-9-13(15)6-4-3-5-7-13/h3-9,15H2,1-2H3. The Morgan fingerprint density at radius 3 is 2.61 bits per heavy atom. The summed E-state index contributed by atoms with van der Waals surface area (Å²) < 4.78 is 8.73. The van der Waals surface area contributed by atoms with E-state index in [0.29, 0.717) is 13.2 Å². The van der Waals surface area contributed by atoms with E-state index in [1.54, 1.807) is 0 Å². The van der Waals surface area contributed by atoms with Crippen molar-refractivity contribution >= 4 is 15.9 Å². The van der Waals surface area contributed by atoms with E-state index in [-0.39, 0.29) is 5.54 Å².